The van der Waals surface area contributed by atoms with Gasteiger partial charge in [-0.15, -0.1) is 0 Å². The summed E-state index contributed by atoms with van der Waals surface area (Å²) in [7, 11) is 0. The lowest BCUT2D eigenvalue weighted by atomic mass is 10.00. The Balaban J connectivity index is 1.51. The predicted octanol–water partition coefficient (Wildman–Crippen LogP) is 2.12. The molecule has 4 rings (SSSR count). The van der Waals surface area contributed by atoms with Crippen molar-refractivity contribution < 1.29 is 9.32 Å². The molecular weight excluding hydrogens is 346 g/mol. The molecule has 0 aromatic carbocycles. The molecule has 0 aliphatic carbocycles. The van der Waals surface area contributed by atoms with Gasteiger partial charge < -0.3 is 9.42 Å². The Morgan fingerprint density at radius 3 is 2.89 bits per heavy atom. The molecule has 1 saturated heterocycles. The van der Waals surface area contributed by atoms with E-state index in [1.165, 1.54) is 6.33 Å². The second kappa shape index (κ2) is 7.05. The molecule has 9 nitrogen and oxygen atoms in total. The average Bonchev–Trinajstić information content (AvgIpc) is 3.30. The topological polar surface area (TPSA) is 102 Å². The number of fused-ring (bicyclic) bond motifs is 1. The molecule has 1 aliphatic rings. The van der Waals surface area contributed by atoms with E-state index in [2.05, 4.69) is 25.2 Å². The molecule has 0 saturated carbocycles. The maximum atomic E-state index is 13.0. The summed E-state index contributed by atoms with van der Waals surface area (Å²) >= 11 is 0. The molecule has 0 unspecified atom stereocenters. The quantitative estimate of drug-likeness (QED) is 0.694. The lowest BCUT2D eigenvalue weighted by Gasteiger charge is -2.33. The van der Waals surface area contributed by atoms with Crippen molar-refractivity contribution in [3.05, 3.63) is 35.0 Å². The fourth-order valence-corrected chi connectivity index (χ4v) is 3.83. The monoisotopic (exact) mass is 369 g/mol. The van der Waals surface area contributed by atoms with Gasteiger partial charge in [0, 0.05) is 24.4 Å². The first-order chi connectivity index (χ1) is 13.0. The number of amides is 1. The van der Waals surface area contributed by atoms with Gasteiger partial charge in [-0.3, -0.25) is 4.79 Å². The van der Waals surface area contributed by atoms with Crippen LogP contribution in [0.25, 0.3) is 5.78 Å². The van der Waals surface area contributed by atoms with Crippen LogP contribution in [0.15, 0.2) is 10.9 Å². The molecule has 0 bridgehead atoms. The first-order valence-electron chi connectivity index (χ1n) is 9.30. The van der Waals surface area contributed by atoms with E-state index in [1.54, 1.807) is 11.4 Å². The summed E-state index contributed by atoms with van der Waals surface area (Å²) in [5, 5.41) is 8.09. The lowest BCUT2D eigenvalue weighted by molar-refractivity contribution is -0.135. The minimum atomic E-state index is -0.120. The van der Waals surface area contributed by atoms with Crippen LogP contribution < -0.4 is 0 Å². The van der Waals surface area contributed by atoms with E-state index in [1.807, 2.05) is 18.7 Å². The summed E-state index contributed by atoms with van der Waals surface area (Å²) in [4.78, 5) is 27.8. The second-order valence-electron chi connectivity index (χ2n) is 7.01. The van der Waals surface area contributed by atoms with Gasteiger partial charge >= 0.3 is 0 Å². The third-order valence-corrected chi connectivity index (χ3v) is 5.23. The van der Waals surface area contributed by atoms with Gasteiger partial charge in [0.2, 0.25) is 11.8 Å². The van der Waals surface area contributed by atoms with Crippen LogP contribution >= 0.6 is 0 Å². The van der Waals surface area contributed by atoms with Gasteiger partial charge in [-0.2, -0.15) is 15.1 Å². The lowest BCUT2D eigenvalue weighted by Crippen LogP contribution is -2.38. The van der Waals surface area contributed by atoms with E-state index in [-0.39, 0.29) is 11.9 Å². The maximum absolute atomic E-state index is 13.0. The van der Waals surface area contributed by atoms with Gasteiger partial charge in [0.1, 0.15) is 12.4 Å². The van der Waals surface area contributed by atoms with E-state index < -0.39 is 0 Å². The molecule has 1 fully saturated rings. The minimum absolute atomic E-state index is 0.105. The number of aromatic nitrogens is 6. The molecule has 3 aromatic heterocycles. The molecular formula is C18H23N7O2. The van der Waals surface area contributed by atoms with Crippen LogP contribution in [0.3, 0.4) is 0 Å². The summed E-state index contributed by atoms with van der Waals surface area (Å²) in [5.41, 5.74) is 2.91. The summed E-state index contributed by atoms with van der Waals surface area (Å²) in [6.45, 7) is 6.46. The van der Waals surface area contributed by atoms with Gasteiger partial charge in [0.05, 0.1) is 0 Å². The smallest absolute Gasteiger partial charge is 0.252 e. The van der Waals surface area contributed by atoms with Crippen molar-refractivity contribution in [2.45, 2.75) is 58.9 Å². The standard InChI is InChI=1S/C18H23N7O2/c1-11-14(12(2)25-18(21-11)19-10-20-25)7-8-16(26)24-9-5-4-6-15(24)17-22-13(3)23-27-17/h10,15H,4-9H2,1-3H3/t15-/m0/s1. The molecule has 1 amide bonds. The van der Waals surface area contributed by atoms with Crippen LogP contribution in [0.1, 0.15) is 60.4 Å². The zero-order valence-corrected chi connectivity index (χ0v) is 15.8. The van der Waals surface area contributed by atoms with E-state index in [0.717, 1.165) is 42.8 Å². The largest absolute Gasteiger partial charge is 0.337 e. The molecule has 142 valence electrons. The van der Waals surface area contributed by atoms with Crippen molar-refractivity contribution in [3.63, 3.8) is 0 Å². The Kier molecular flexibility index (Phi) is 4.59. The predicted molar refractivity (Wildman–Crippen MR) is 95.9 cm³/mol. The fraction of sp³-hybridized carbons (Fsp3) is 0.556. The first-order valence-corrected chi connectivity index (χ1v) is 9.30. The molecule has 4 heterocycles. The number of hydrogen-bond acceptors (Lipinski definition) is 7. The SMILES string of the molecule is Cc1noc([C@@H]2CCCCN2C(=O)CCc2c(C)nc3ncnn3c2C)n1. The molecule has 3 aromatic rings. The highest BCUT2D eigenvalue weighted by atomic mass is 16.5. The number of likely N-dealkylation sites (tertiary alicyclic amines) is 1. The molecule has 0 spiro atoms. The van der Waals surface area contributed by atoms with Crippen LogP contribution in [0, 0.1) is 20.8 Å². The molecule has 9 heteroatoms. The molecule has 27 heavy (non-hydrogen) atoms. The average molecular weight is 369 g/mol. The summed E-state index contributed by atoms with van der Waals surface area (Å²) in [5.74, 6) is 1.83. The van der Waals surface area contributed by atoms with Crippen molar-refractivity contribution in [1.29, 1.82) is 0 Å². The van der Waals surface area contributed by atoms with Crippen molar-refractivity contribution in [3.8, 4) is 0 Å². The van der Waals surface area contributed by atoms with Crippen molar-refractivity contribution in [1.82, 2.24) is 34.6 Å². The van der Waals surface area contributed by atoms with E-state index in [4.69, 9.17) is 4.52 Å². The number of nitrogens with zero attached hydrogens (tertiary/aromatic N) is 7. The van der Waals surface area contributed by atoms with E-state index in [9.17, 15) is 4.79 Å². The Hall–Kier alpha value is -2.84. The minimum Gasteiger partial charge on any atom is -0.337 e. The highest BCUT2D eigenvalue weighted by Gasteiger charge is 2.31. The third-order valence-electron chi connectivity index (χ3n) is 5.23. The molecule has 1 atom stereocenters. The number of carbonyl (C=O) groups is 1. The number of aryl methyl sites for hydroxylation is 3. The van der Waals surface area contributed by atoms with Crippen LogP contribution in [0.2, 0.25) is 0 Å². The third kappa shape index (κ3) is 3.29. The maximum Gasteiger partial charge on any atom is 0.252 e. The van der Waals surface area contributed by atoms with Crippen LogP contribution in [-0.2, 0) is 11.2 Å². The van der Waals surface area contributed by atoms with Gasteiger partial charge in [-0.25, -0.2) is 9.50 Å². The van der Waals surface area contributed by atoms with Crippen LogP contribution in [0.5, 0.6) is 0 Å². The number of hydrogen-bond donors (Lipinski definition) is 0. The number of carbonyl (C=O) groups excluding carboxylic acids is 1. The van der Waals surface area contributed by atoms with Gasteiger partial charge in [-0.05, 0) is 52.0 Å². The number of rotatable bonds is 4. The number of piperidine rings is 1. The Morgan fingerprint density at radius 2 is 2.11 bits per heavy atom. The van der Waals surface area contributed by atoms with Gasteiger partial charge in [0.25, 0.3) is 5.78 Å². The van der Waals surface area contributed by atoms with E-state index in [0.29, 0.717) is 30.3 Å². The molecule has 0 radical (unpaired) electrons. The second-order valence-corrected chi connectivity index (χ2v) is 7.01. The van der Waals surface area contributed by atoms with Gasteiger partial charge in [0.15, 0.2) is 5.82 Å². The Morgan fingerprint density at radius 1 is 1.26 bits per heavy atom. The summed E-state index contributed by atoms with van der Waals surface area (Å²) in [6.07, 6.45) is 5.44. The first kappa shape index (κ1) is 17.6. The highest BCUT2D eigenvalue weighted by Crippen LogP contribution is 2.30. The normalized spacial score (nSPS) is 17.6. The van der Waals surface area contributed by atoms with E-state index >= 15 is 0 Å². The summed E-state index contributed by atoms with van der Waals surface area (Å²) < 4.78 is 7.06. The molecule has 1 aliphatic heterocycles. The summed E-state index contributed by atoms with van der Waals surface area (Å²) in [6, 6.07) is -0.120. The van der Waals surface area contributed by atoms with Crippen LogP contribution in [0.4, 0.5) is 0 Å². The fourth-order valence-electron chi connectivity index (χ4n) is 3.83. The Bertz CT molecular complexity index is 977. The van der Waals surface area contributed by atoms with Gasteiger partial charge in [-0.1, -0.05) is 5.16 Å². The zero-order chi connectivity index (χ0) is 19.0. The molecule has 0 N–H and O–H groups in total. The zero-order valence-electron chi connectivity index (χ0n) is 15.8. The van der Waals surface area contributed by atoms with Crippen molar-refractivity contribution >= 4 is 11.7 Å². The van der Waals surface area contributed by atoms with Crippen LogP contribution in [-0.4, -0.2) is 47.1 Å². The highest BCUT2D eigenvalue weighted by molar-refractivity contribution is 5.77. The van der Waals surface area contributed by atoms with Crippen molar-refractivity contribution in [2.75, 3.05) is 6.54 Å². The van der Waals surface area contributed by atoms with Crippen molar-refractivity contribution in [2.24, 2.45) is 0 Å². The Labute approximate surface area is 156 Å².